The molecular formula is C9H19+. The first-order valence-corrected chi connectivity index (χ1v) is 3.91. The molecule has 0 radical (unpaired) electrons. The van der Waals surface area contributed by atoms with Crippen molar-refractivity contribution >= 4 is 0 Å². The molecule has 0 aromatic carbocycles. The Bertz CT molecular complexity index is 64.4. The predicted octanol–water partition coefficient (Wildman–Crippen LogP) is 3.28. The Balaban J connectivity index is 3.58. The molecule has 0 saturated heterocycles. The van der Waals surface area contributed by atoms with Crippen LogP contribution in [0.4, 0.5) is 0 Å². The molecule has 1 unspecified atom stereocenters. The molecule has 0 fully saturated rings. The maximum absolute atomic E-state index is 2.31. The van der Waals surface area contributed by atoms with Crippen molar-refractivity contribution < 1.29 is 0 Å². The molecule has 0 nitrogen and oxygen atoms in total. The average molecular weight is 127 g/mol. The summed E-state index contributed by atoms with van der Waals surface area (Å²) in [4.78, 5) is 0. The number of rotatable bonds is 3. The molecule has 0 aromatic heterocycles. The van der Waals surface area contributed by atoms with Gasteiger partial charge in [-0.05, 0) is 19.8 Å². The van der Waals surface area contributed by atoms with Crippen molar-refractivity contribution in [3.05, 3.63) is 5.92 Å². The van der Waals surface area contributed by atoms with Gasteiger partial charge < -0.3 is 0 Å². The fourth-order valence-electron chi connectivity index (χ4n) is 0.891. The van der Waals surface area contributed by atoms with Gasteiger partial charge in [0.2, 0.25) is 0 Å². The van der Waals surface area contributed by atoms with Crippen molar-refractivity contribution in [2.75, 3.05) is 0 Å². The van der Waals surface area contributed by atoms with Crippen LogP contribution in [0.15, 0.2) is 0 Å². The molecule has 0 N–H and O–H groups in total. The van der Waals surface area contributed by atoms with Crippen molar-refractivity contribution in [3.63, 3.8) is 0 Å². The molecule has 0 aliphatic carbocycles. The highest BCUT2D eigenvalue weighted by Crippen LogP contribution is 2.23. The maximum Gasteiger partial charge on any atom is 0.0993 e. The lowest BCUT2D eigenvalue weighted by Crippen LogP contribution is -2.11. The van der Waals surface area contributed by atoms with E-state index in [4.69, 9.17) is 0 Å². The summed E-state index contributed by atoms with van der Waals surface area (Å²) in [5.41, 5.74) is 0. The van der Waals surface area contributed by atoms with Crippen molar-refractivity contribution in [2.45, 2.75) is 41.0 Å². The normalized spacial score (nSPS) is 14.0. The molecule has 0 rings (SSSR count). The Morgan fingerprint density at radius 2 is 1.67 bits per heavy atom. The standard InChI is InChI=1S/C9H19/c1-6-8(4)9(5)7(2)3/h7,9H,6H2,1-5H3/q+1. The number of hydrogen-bond acceptors (Lipinski definition) is 0. The third-order valence-corrected chi connectivity index (χ3v) is 2.33. The summed E-state index contributed by atoms with van der Waals surface area (Å²) in [6.45, 7) is 11.4. The van der Waals surface area contributed by atoms with Gasteiger partial charge in [0.15, 0.2) is 0 Å². The van der Waals surface area contributed by atoms with Crippen LogP contribution in [-0.2, 0) is 0 Å². The Morgan fingerprint density at radius 1 is 1.22 bits per heavy atom. The Kier molecular flexibility index (Phi) is 3.76. The molecule has 0 aliphatic rings. The van der Waals surface area contributed by atoms with Gasteiger partial charge in [-0.2, -0.15) is 0 Å². The van der Waals surface area contributed by atoms with Gasteiger partial charge in [0.25, 0.3) is 0 Å². The minimum absolute atomic E-state index is 0.801. The fraction of sp³-hybridized carbons (Fsp3) is 0.889. The third kappa shape index (κ3) is 2.78. The quantitative estimate of drug-likeness (QED) is 0.510. The first kappa shape index (κ1) is 8.87. The van der Waals surface area contributed by atoms with E-state index in [9.17, 15) is 0 Å². The molecule has 54 valence electrons. The van der Waals surface area contributed by atoms with Gasteiger partial charge in [0.1, 0.15) is 0 Å². The molecule has 0 amide bonds. The molecule has 0 aliphatic heterocycles. The van der Waals surface area contributed by atoms with Crippen LogP contribution in [0, 0.1) is 17.8 Å². The van der Waals surface area contributed by atoms with E-state index in [1.54, 1.807) is 5.92 Å². The van der Waals surface area contributed by atoms with Gasteiger partial charge in [-0.15, -0.1) is 0 Å². The zero-order valence-corrected chi connectivity index (χ0v) is 7.36. The van der Waals surface area contributed by atoms with Gasteiger partial charge in [0.05, 0.1) is 25.2 Å². The molecule has 0 saturated carbocycles. The van der Waals surface area contributed by atoms with E-state index in [0.717, 1.165) is 11.8 Å². The Hall–Kier alpha value is -0.130. The van der Waals surface area contributed by atoms with E-state index >= 15 is 0 Å². The SMILES string of the molecule is CC[C+](C)C(C)C(C)C. The lowest BCUT2D eigenvalue weighted by molar-refractivity contribution is 0.422. The van der Waals surface area contributed by atoms with E-state index in [2.05, 4.69) is 34.6 Å². The highest BCUT2D eigenvalue weighted by atomic mass is 14.2. The molecule has 0 bridgehead atoms. The van der Waals surface area contributed by atoms with Gasteiger partial charge in [0, 0.05) is 0 Å². The summed E-state index contributed by atoms with van der Waals surface area (Å²) in [5, 5.41) is 0. The maximum atomic E-state index is 2.31. The highest BCUT2D eigenvalue weighted by Gasteiger charge is 2.23. The Morgan fingerprint density at radius 3 is 1.78 bits per heavy atom. The van der Waals surface area contributed by atoms with Crippen molar-refractivity contribution in [3.8, 4) is 0 Å². The number of hydrogen-bond donors (Lipinski definition) is 0. The molecule has 1 atom stereocenters. The van der Waals surface area contributed by atoms with Crippen LogP contribution < -0.4 is 0 Å². The molecular weight excluding hydrogens is 108 g/mol. The molecule has 0 aromatic rings. The first-order chi connectivity index (χ1) is 4.09. The van der Waals surface area contributed by atoms with Crippen LogP contribution in [0.5, 0.6) is 0 Å². The van der Waals surface area contributed by atoms with Crippen LogP contribution in [-0.4, -0.2) is 0 Å². The second kappa shape index (κ2) is 3.81. The van der Waals surface area contributed by atoms with Crippen molar-refractivity contribution in [2.24, 2.45) is 11.8 Å². The van der Waals surface area contributed by atoms with Crippen LogP contribution in [0.1, 0.15) is 41.0 Å². The summed E-state index contributed by atoms with van der Waals surface area (Å²) in [7, 11) is 0. The summed E-state index contributed by atoms with van der Waals surface area (Å²) >= 11 is 0. The second-order valence-electron chi connectivity index (χ2n) is 3.23. The van der Waals surface area contributed by atoms with E-state index < -0.39 is 0 Å². The third-order valence-electron chi connectivity index (χ3n) is 2.33. The molecule has 0 heterocycles. The lowest BCUT2D eigenvalue weighted by Gasteiger charge is -2.11. The van der Waals surface area contributed by atoms with E-state index in [-0.39, 0.29) is 0 Å². The average Bonchev–Trinajstić information content (AvgIpc) is 1.84. The van der Waals surface area contributed by atoms with Crippen molar-refractivity contribution in [1.82, 2.24) is 0 Å². The summed E-state index contributed by atoms with van der Waals surface area (Å²) < 4.78 is 0. The summed E-state index contributed by atoms with van der Waals surface area (Å²) in [6, 6.07) is 0. The lowest BCUT2D eigenvalue weighted by atomic mass is 9.85. The van der Waals surface area contributed by atoms with E-state index in [0.29, 0.717) is 0 Å². The predicted molar refractivity (Wildman–Crippen MR) is 43.2 cm³/mol. The highest BCUT2D eigenvalue weighted by molar-refractivity contribution is 4.89. The van der Waals surface area contributed by atoms with E-state index in [1.165, 1.54) is 6.42 Å². The largest absolute Gasteiger partial charge is 0.0993 e. The zero-order valence-electron chi connectivity index (χ0n) is 7.36. The summed E-state index contributed by atoms with van der Waals surface area (Å²) in [6.07, 6.45) is 1.24. The van der Waals surface area contributed by atoms with Crippen LogP contribution in [0.3, 0.4) is 0 Å². The monoisotopic (exact) mass is 127 g/mol. The van der Waals surface area contributed by atoms with Gasteiger partial charge in [-0.1, -0.05) is 13.8 Å². The van der Waals surface area contributed by atoms with E-state index in [1.807, 2.05) is 0 Å². The minimum Gasteiger partial charge on any atom is -0.0584 e. The Labute approximate surface area is 59.7 Å². The molecule has 0 heteroatoms. The van der Waals surface area contributed by atoms with Gasteiger partial charge >= 0.3 is 0 Å². The molecule has 9 heavy (non-hydrogen) atoms. The zero-order chi connectivity index (χ0) is 7.44. The van der Waals surface area contributed by atoms with Gasteiger partial charge in [-0.3, -0.25) is 0 Å². The summed E-state index contributed by atoms with van der Waals surface area (Å²) in [5.74, 6) is 3.24. The topological polar surface area (TPSA) is 0 Å². The van der Waals surface area contributed by atoms with Crippen LogP contribution >= 0.6 is 0 Å². The van der Waals surface area contributed by atoms with Crippen LogP contribution in [0.2, 0.25) is 0 Å². The van der Waals surface area contributed by atoms with Crippen molar-refractivity contribution in [1.29, 1.82) is 0 Å². The smallest absolute Gasteiger partial charge is 0.0584 e. The fourth-order valence-corrected chi connectivity index (χ4v) is 0.891. The van der Waals surface area contributed by atoms with Gasteiger partial charge in [-0.25, -0.2) is 0 Å². The minimum atomic E-state index is 0.801. The first-order valence-electron chi connectivity index (χ1n) is 3.91. The van der Waals surface area contributed by atoms with Crippen LogP contribution in [0.25, 0.3) is 0 Å². The second-order valence-corrected chi connectivity index (χ2v) is 3.23. The molecule has 0 spiro atoms.